The van der Waals surface area contributed by atoms with Crippen molar-refractivity contribution in [2.75, 3.05) is 20.6 Å². The lowest BCUT2D eigenvalue weighted by Gasteiger charge is -2.26. The molecule has 3 unspecified atom stereocenters. The van der Waals surface area contributed by atoms with Crippen molar-refractivity contribution >= 4 is 54.1 Å². The van der Waals surface area contributed by atoms with Gasteiger partial charge in [-0.3, -0.25) is 19.2 Å². The van der Waals surface area contributed by atoms with Crippen LogP contribution < -0.4 is 0 Å². The molecule has 0 aromatic heterocycles. The molecule has 3 atom stereocenters. The predicted molar refractivity (Wildman–Crippen MR) is 107 cm³/mol. The first-order valence-corrected chi connectivity index (χ1v) is 10.4. The second-order valence-corrected chi connectivity index (χ2v) is 8.04. The van der Waals surface area contributed by atoms with E-state index < -0.39 is 41.1 Å². The van der Waals surface area contributed by atoms with Crippen molar-refractivity contribution < 1.29 is 28.3 Å². The number of amides is 4. The van der Waals surface area contributed by atoms with E-state index in [1.807, 2.05) is 19.0 Å². The third-order valence-electron chi connectivity index (χ3n) is 4.91. The minimum Gasteiger partial charge on any atom is -0.312 e. The molecule has 2 aliphatic heterocycles. The number of rotatable bonds is 9. The number of imide groups is 2. The highest BCUT2D eigenvalue weighted by Gasteiger charge is 2.59. The molecule has 13 heteroatoms. The number of carbonyl (C=O) groups is 4. The van der Waals surface area contributed by atoms with Crippen LogP contribution in [0.1, 0.15) is 32.6 Å². The Morgan fingerprint density at radius 1 is 1.17 bits per heavy atom. The van der Waals surface area contributed by atoms with Crippen LogP contribution in [-0.2, 0) is 19.2 Å². The molecule has 0 spiro atoms. The van der Waals surface area contributed by atoms with Crippen molar-refractivity contribution in [1.29, 1.82) is 0 Å². The Labute approximate surface area is 176 Å². The molecule has 2 heterocycles. The predicted octanol–water partition coefficient (Wildman–Crippen LogP) is 1.01. The first kappa shape index (κ1) is 23.5. The summed E-state index contributed by atoms with van der Waals surface area (Å²) in [5, 5.41) is 0. The molecule has 0 aromatic carbocycles. The van der Waals surface area contributed by atoms with E-state index in [-0.39, 0.29) is 37.3 Å². The first-order valence-electron chi connectivity index (χ1n) is 8.93. The number of carbonyl (C=O) groups excluding carboxylic acids is 4. The van der Waals surface area contributed by atoms with Crippen LogP contribution in [0.25, 0.3) is 0 Å². The van der Waals surface area contributed by atoms with Crippen LogP contribution in [0.3, 0.4) is 0 Å². The molecule has 0 radical (unpaired) electrons. The van der Waals surface area contributed by atoms with Crippen LogP contribution in [0.4, 0.5) is 0 Å². The summed E-state index contributed by atoms with van der Waals surface area (Å²) in [7, 11) is 3.75. The Kier molecular flexibility index (Phi) is 7.97. The van der Waals surface area contributed by atoms with E-state index in [2.05, 4.69) is 16.0 Å². The van der Waals surface area contributed by atoms with Crippen molar-refractivity contribution in [3.05, 3.63) is 0 Å². The summed E-state index contributed by atoms with van der Waals surface area (Å²) in [5.74, 6) is -3.31. The van der Waals surface area contributed by atoms with Gasteiger partial charge in [-0.15, -0.1) is 0 Å². The van der Waals surface area contributed by atoms with E-state index in [1.54, 1.807) is 6.92 Å². The lowest BCUT2D eigenvalue weighted by molar-refractivity contribution is -0.134. The summed E-state index contributed by atoms with van der Waals surface area (Å²) in [6.07, 6.45) is 0.840. The fourth-order valence-electron chi connectivity index (χ4n) is 3.46. The molecule has 2 fully saturated rings. The van der Waals surface area contributed by atoms with E-state index in [9.17, 15) is 23.7 Å². The molecule has 0 bridgehead atoms. The second kappa shape index (κ2) is 9.83. The zero-order chi connectivity index (χ0) is 21.8. The maximum Gasteiger partial charge on any atom is 0.270 e. The van der Waals surface area contributed by atoms with Crippen molar-refractivity contribution in [3.63, 3.8) is 0 Å². The lowest BCUT2D eigenvalue weighted by atomic mass is 9.81. The number of hydrogen-bond donors (Lipinski definition) is 2. The lowest BCUT2D eigenvalue weighted by Crippen LogP contribution is -2.41. The maximum absolute atomic E-state index is 12.9. The molecular formula is C16H23N5O6S2. The SMILES string of the molecule is CCC1C(=O)N(SO)C(=O)C1(CCCN(C)C)N=C=NC1CC(=O)N(SO)C1=O. The van der Waals surface area contributed by atoms with E-state index in [0.29, 0.717) is 28.0 Å². The highest BCUT2D eigenvalue weighted by atomic mass is 32.2. The zero-order valence-corrected chi connectivity index (χ0v) is 17.9. The summed E-state index contributed by atoms with van der Waals surface area (Å²) in [6, 6.07) is 1.26. The fourth-order valence-corrected chi connectivity index (χ4v) is 4.26. The van der Waals surface area contributed by atoms with Crippen LogP contribution in [0.15, 0.2) is 9.98 Å². The smallest absolute Gasteiger partial charge is 0.270 e. The molecule has 2 rings (SSSR count). The molecule has 11 nitrogen and oxygen atoms in total. The third kappa shape index (κ3) is 4.55. The van der Waals surface area contributed by atoms with Crippen LogP contribution in [-0.4, -0.2) is 84.5 Å². The summed E-state index contributed by atoms with van der Waals surface area (Å²) >= 11 is 0.0493. The van der Waals surface area contributed by atoms with Gasteiger partial charge in [0.15, 0.2) is 5.54 Å². The highest BCUT2D eigenvalue weighted by Crippen LogP contribution is 2.41. The average molecular weight is 446 g/mol. The average Bonchev–Trinajstić information content (AvgIpc) is 3.04. The normalized spacial score (nSPS) is 27.2. The number of hydrogen-bond acceptors (Lipinski definition) is 11. The summed E-state index contributed by atoms with van der Waals surface area (Å²) in [6.45, 7) is 2.39. The van der Waals surface area contributed by atoms with E-state index in [1.165, 1.54) is 0 Å². The van der Waals surface area contributed by atoms with Crippen molar-refractivity contribution in [2.24, 2.45) is 15.9 Å². The highest BCUT2D eigenvalue weighted by molar-refractivity contribution is 7.92. The van der Waals surface area contributed by atoms with Gasteiger partial charge in [-0.05, 0) is 39.9 Å². The maximum atomic E-state index is 12.9. The first-order chi connectivity index (χ1) is 13.7. The zero-order valence-electron chi connectivity index (χ0n) is 16.3. The van der Waals surface area contributed by atoms with Crippen LogP contribution in [0.2, 0.25) is 0 Å². The van der Waals surface area contributed by atoms with Crippen molar-refractivity contribution in [2.45, 2.75) is 44.2 Å². The summed E-state index contributed by atoms with van der Waals surface area (Å²) < 4.78 is 19.6. The topological polar surface area (TPSA) is 143 Å². The van der Waals surface area contributed by atoms with Crippen molar-refractivity contribution in [1.82, 2.24) is 13.5 Å². The fraction of sp³-hybridized carbons (Fsp3) is 0.688. The largest absolute Gasteiger partial charge is 0.312 e. The van der Waals surface area contributed by atoms with Gasteiger partial charge < -0.3 is 14.0 Å². The van der Waals surface area contributed by atoms with Crippen LogP contribution >= 0.6 is 24.5 Å². The Hall–Kier alpha value is -1.76. The van der Waals surface area contributed by atoms with Gasteiger partial charge in [0.25, 0.3) is 11.8 Å². The minimum absolute atomic E-state index is 0.00737. The Bertz CT molecular complexity index is 756. The Morgan fingerprint density at radius 3 is 2.34 bits per heavy atom. The quantitative estimate of drug-likeness (QED) is 0.230. The van der Waals surface area contributed by atoms with Crippen molar-refractivity contribution in [3.8, 4) is 0 Å². The van der Waals surface area contributed by atoms with Gasteiger partial charge in [0, 0.05) is 0 Å². The van der Waals surface area contributed by atoms with Gasteiger partial charge in [0.2, 0.25) is 11.8 Å². The molecular weight excluding hydrogens is 422 g/mol. The van der Waals surface area contributed by atoms with Crippen LogP contribution in [0, 0.1) is 5.92 Å². The van der Waals surface area contributed by atoms with E-state index in [4.69, 9.17) is 4.55 Å². The van der Waals surface area contributed by atoms with E-state index >= 15 is 0 Å². The van der Waals surface area contributed by atoms with Gasteiger partial charge in [0.05, 0.1) is 18.3 Å². The Balaban J connectivity index is 2.37. The number of nitrogens with zero attached hydrogens (tertiary/aromatic N) is 5. The third-order valence-corrected chi connectivity index (χ3v) is 5.96. The molecule has 0 saturated carbocycles. The molecule has 2 aliphatic rings. The van der Waals surface area contributed by atoms with Gasteiger partial charge in [-0.2, -0.15) is 8.61 Å². The molecule has 0 aliphatic carbocycles. The van der Waals surface area contributed by atoms with Gasteiger partial charge in [0.1, 0.15) is 30.5 Å². The molecule has 2 saturated heterocycles. The van der Waals surface area contributed by atoms with Gasteiger partial charge in [-0.25, -0.2) is 9.98 Å². The summed E-state index contributed by atoms with van der Waals surface area (Å²) in [4.78, 5) is 59.1. The standard InChI is InChI=1S/C16H23N5O6S2/c1-4-10-13(23)21(29-27)15(25)16(10,6-5-7-19(2)3)18-9-17-11-8-12(22)20(28-26)14(11)24/h10-11,26-27H,4-8H2,1-3H3. The summed E-state index contributed by atoms with van der Waals surface area (Å²) in [5.41, 5.74) is -1.49. The molecule has 2 N–H and O–H groups in total. The minimum atomic E-state index is -1.49. The molecule has 0 aromatic rings. The Morgan fingerprint density at radius 2 is 1.83 bits per heavy atom. The van der Waals surface area contributed by atoms with Crippen LogP contribution in [0.5, 0.6) is 0 Å². The molecule has 4 amide bonds. The monoisotopic (exact) mass is 445 g/mol. The second-order valence-electron chi connectivity index (χ2n) is 6.98. The molecule has 29 heavy (non-hydrogen) atoms. The van der Waals surface area contributed by atoms with E-state index in [0.717, 1.165) is 0 Å². The van der Waals surface area contributed by atoms with Gasteiger partial charge >= 0.3 is 0 Å². The number of aliphatic imine (C=N–C) groups is 2. The van der Waals surface area contributed by atoms with Gasteiger partial charge in [-0.1, -0.05) is 6.92 Å². The molecule has 160 valence electrons.